The zero-order valence-electron chi connectivity index (χ0n) is 3.33. The van der Waals surface area contributed by atoms with Crippen LogP contribution in [0.5, 0.6) is 0 Å². The summed E-state index contributed by atoms with van der Waals surface area (Å²) >= 11 is 2.57. The van der Waals surface area contributed by atoms with Gasteiger partial charge in [0.15, 0.2) is 0 Å². The van der Waals surface area contributed by atoms with Crippen molar-refractivity contribution in [3.63, 3.8) is 0 Å². The third-order valence-electron chi connectivity index (χ3n) is 0.224. The van der Waals surface area contributed by atoms with E-state index in [0.717, 1.165) is 0 Å². The van der Waals surface area contributed by atoms with Crippen molar-refractivity contribution in [2.75, 3.05) is 0 Å². The summed E-state index contributed by atoms with van der Waals surface area (Å²) in [5.74, 6) is 0. The van der Waals surface area contributed by atoms with E-state index in [1.807, 2.05) is 0 Å². The first-order valence-corrected chi connectivity index (χ1v) is 3.19. The minimum atomic E-state index is -4.40. The first-order valence-electron chi connectivity index (χ1n) is 1.24. The molecule has 0 saturated carbocycles. The van der Waals surface area contributed by atoms with E-state index in [4.69, 9.17) is 10.2 Å². The third kappa shape index (κ3) is 3.54. The summed E-state index contributed by atoms with van der Waals surface area (Å²) in [6.07, 6.45) is 0. The average molecular weight is 185 g/mol. The fourth-order valence-electron chi connectivity index (χ4n) is 0.0469. The van der Waals surface area contributed by atoms with Crippen LogP contribution in [0.15, 0.2) is 0 Å². The minimum absolute atomic E-state index is 2.57. The Morgan fingerprint density at radius 2 is 2.12 bits per heavy atom. The molecule has 0 heterocycles. The zero-order valence-corrected chi connectivity index (χ0v) is 5.33. The normalized spacial score (nSPS) is 17.9. The Hall–Kier alpha value is 0.549. The molecule has 1 unspecified atom stereocenters. The van der Waals surface area contributed by atoms with Crippen LogP contribution in [0.3, 0.4) is 0 Å². The molecule has 2 N–H and O–H groups in total. The summed E-state index contributed by atoms with van der Waals surface area (Å²) < 4.78 is 19.6. The summed E-state index contributed by atoms with van der Waals surface area (Å²) in [5.41, 5.74) is 0. The summed E-state index contributed by atoms with van der Waals surface area (Å²) in [5, 5.41) is 7.48. The van der Waals surface area contributed by atoms with Crippen LogP contribution in [0.25, 0.3) is 0 Å². The van der Waals surface area contributed by atoms with Gasteiger partial charge in [-0.2, -0.15) is 0 Å². The van der Waals surface area contributed by atoms with Gasteiger partial charge in [-0.25, -0.2) is 0 Å². The number of rotatable bonds is 3. The molecule has 0 aromatic rings. The van der Waals surface area contributed by atoms with Crippen LogP contribution in [-0.2, 0) is 34.2 Å². The van der Waals surface area contributed by atoms with Crippen molar-refractivity contribution >= 4 is 7.82 Å². The standard InChI is InChI=1S/Fe.H3O6P/c;1-5-7(3,4)6-2/h;1-2H,(H,3,4)/q+1;/p-1. The maximum absolute atomic E-state index is 9.88. The SMILES string of the molecule is O=P(O)(OO)O[O][Fe]. The summed E-state index contributed by atoms with van der Waals surface area (Å²) in [6.45, 7) is 0. The predicted octanol–water partition coefficient (Wildman–Crippen LogP) is -0.0136. The van der Waals surface area contributed by atoms with Gasteiger partial charge in [-0.15, -0.1) is 0 Å². The van der Waals surface area contributed by atoms with E-state index in [1.165, 1.54) is 0 Å². The monoisotopic (exact) mass is 185 g/mol. The van der Waals surface area contributed by atoms with Crippen molar-refractivity contribution in [2.24, 2.45) is 0 Å². The first kappa shape index (κ1) is 8.55. The predicted molar refractivity (Wildman–Crippen MR) is 15.7 cm³/mol. The molecule has 0 saturated heterocycles. The molecule has 0 rings (SSSR count). The van der Waals surface area contributed by atoms with Crippen molar-refractivity contribution in [3.8, 4) is 0 Å². The molecule has 0 bridgehead atoms. The summed E-state index contributed by atoms with van der Waals surface area (Å²) in [6, 6.07) is 0. The Labute approximate surface area is 53.0 Å². The first-order chi connectivity index (χ1) is 3.62. The van der Waals surface area contributed by atoms with Gasteiger partial charge in [0.1, 0.15) is 0 Å². The van der Waals surface area contributed by atoms with Crippen LogP contribution >= 0.6 is 7.82 Å². The molecule has 6 nitrogen and oxygen atoms in total. The van der Waals surface area contributed by atoms with E-state index >= 15 is 0 Å². The molecule has 0 aromatic heterocycles. The molecule has 8 heavy (non-hydrogen) atoms. The molecular formula is H2FeO6P. The van der Waals surface area contributed by atoms with Gasteiger partial charge in [0.2, 0.25) is 0 Å². The van der Waals surface area contributed by atoms with E-state index in [9.17, 15) is 4.57 Å². The maximum atomic E-state index is 9.88. The van der Waals surface area contributed by atoms with Crippen LogP contribution in [-0.4, -0.2) is 10.2 Å². The van der Waals surface area contributed by atoms with Gasteiger partial charge < -0.3 is 0 Å². The molecule has 0 fully saturated rings. The zero-order chi connectivity index (χ0) is 6.62. The second kappa shape index (κ2) is 3.55. The third-order valence-corrected chi connectivity index (χ3v) is 0.918. The van der Waals surface area contributed by atoms with E-state index in [1.54, 1.807) is 0 Å². The number of hydrogen-bond donors (Lipinski definition) is 2. The van der Waals surface area contributed by atoms with Gasteiger partial charge >= 0.3 is 52.2 Å². The number of hydrogen-bond acceptors (Lipinski definition) is 5. The van der Waals surface area contributed by atoms with Gasteiger partial charge in [-0.05, 0) is 0 Å². The fourth-order valence-corrected chi connectivity index (χ4v) is 0.453. The molecule has 1 atom stereocenters. The van der Waals surface area contributed by atoms with E-state index in [2.05, 4.69) is 29.7 Å². The van der Waals surface area contributed by atoms with Crippen molar-refractivity contribution in [1.82, 2.24) is 0 Å². The van der Waals surface area contributed by atoms with E-state index in [0.29, 0.717) is 0 Å². The van der Waals surface area contributed by atoms with Crippen molar-refractivity contribution < 1.29 is 44.4 Å². The molecule has 0 spiro atoms. The Balaban J connectivity index is 3.55. The van der Waals surface area contributed by atoms with Gasteiger partial charge in [0.05, 0.1) is 0 Å². The molecular weight excluding hydrogens is 183 g/mol. The Bertz CT molecular complexity index is 98.7. The van der Waals surface area contributed by atoms with Crippen molar-refractivity contribution in [3.05, 3.63) is 0 Å². The van der Waals surface area contributed by atoms with Gasteiger partial charge in [-0.3, -0.25) is 0 Å². The molecule has 0 aliphatic rings. The molecule has 0 aliphatic carbocycles. The Morgan fingerprint density at radius 3 is 2.25 bits per heavy atom. The molecule has 0 amide bonds. The van der Waals surface area contributed by atoms with E-state index < -0.39 is 7.82 Å². The fraction of sp³-hybridized carbons (Fsp3) is 0. The summed E-state index contributed by atoms with van der Waals surface area (Å²) in [4.78, 5) is 8.02. The van der Waals surface area contributed by atoms with Crippen LogP contribution < -0.4 is 0 Å². The summed E-state index contributed by atoms with van der Waals surface area (Å²) in [7, 11) is -4.40. The van der Waals surface area contributed by atoms with Crippen molar-refractivity contribution in [2.45, 2.75) is 0 Å². The average Bonchev–Trinajstić information content (AvgIpc) is 1.67. The van der Waals surface area contributed by atoms with Crippen molar-refractivity contribution in [1.29, 1.82) is 0 Å². The quantitative estimate of drug-likeness (QED) is 0.278. The molecule has 51 valence electrons. The topological polar surface area (TPSA) is 85.2 Å². The van der Waals surface area contributed by atoms with Gasteiger partial charge in [-0.1, -0.05) is 0 Å². The molecule has 0 aliphatic heterocycles. The molecule has 8 heteroatoms. The Kier molecular flexibility index (Phi) is 3.80. The van der Waals surface area contributed by atoms with Crippen LogP contribution in [0.1, 0.15) is 0 Å². The second-order valence-corrected chi connectivity index (χ2v) is 2.12. The number of phosphoric acid groups is 1. The molecule has 0 aromatic carbocycles. The Morgan fingerprint density at radius 1 is 1.62 bits per heavy atom. The molecule has 0 radical (unpaired) electrons. The van der Waals surface area contributed by atoms with Crippen LogP contribution in [0.2, 0.25) is 0 Å². The van der Waals surface area contributed by atoms with E-state index in [-0.39, 0.29) is 0 Å². The van der Waals surface area contributed by atoms with Crippen LogP contribution in [0.4, 0.5) is 0 Å². The van der Waals surface area contributed by atoms with Gasteiger partial charge in [0.25, 0.3) is 0 Å². The second-order valence-electron chi connectivity index (χ2n) is 0.684. The van der Waals surface area contributed by atoms with Crippen LogP contribution in [0, 0.1) is 0 Å². The van der Waals surface area contributed by atoms with Gasteiger partial charge in [0, 0.05) is 0 Å².